The third-order valence-corrected chi connectivity index (χ3v) is 4.78. The molecule has 0 saturated heterocycles. The minimum Gasteiger partial charge on any atom is -0.324 e. The summed E-state index contributed by atoms with van der Waals surface area (Å²) in [5, 5.41) is 6.28. The highest BCUT2D eigenvalue weighted by Gasteiger charge is 2.20. The Morgan fingerprint density at radius 2 is 1.62 bits per heavy atom. The van der Waals surface area contributed by atoms with Gasteiger partial charge in [-0.25, -0.2) is 0 Å². The maximum Gasteiger partial charge on any atom is 0.246 e. The van der Waals surface area contributed by atoms with Crippen LogP contribution < -0.4 is 10.6 Å². The third-order valence-electron chi connectivity index (χ3n) is 3.55. The van der Waals surface area contributed by atoms with Crippen molar-refractivity contribution in [3.8, 4) is 0 Å². The lowest BCUT2D eigenvalue weighted by Gasteiger charge is -2.18. The van der Waals surface area contributed by atoms with Crippen molar-refractivity contribution in [1.29, 1.82) is 0 Å². The number of benzene rings is 2. The number of hydrogen-bond donors (Lipinski definition) is 2. The Balaban J connectivity index is 1.75. The summed E-state index contributed by atoms with van der Waals surface area (Å²) >= 11 is 7.49. The van der Waals surface area contributed by atoms with E-state index in [1.54, 1.807) is 0 Å². The Morgan fingerprint density at radius 1 is 0.958 bits per heavy atom. The van der Waals surface area contributed by atoms with Crippen LogP contribution in [-0.4, -0.2) is 5.91 Å². The van der Waals surface area contributed by atoms with Gasteiger partial charge in [0.25, 0.3) is 0 Å². The highest BCUT2D eigenvalue weighted by Crippen LogP contribution is 2.23. The minimum atomic E-state index is -0.438. The number of carbonyl (C=O) groups is 1. The summed E-state index contributed by atoms with van der Waals surface area (Å²) in [4.78, 5) is 13.8. The number of para-hydroxylation sites is 1. The molecule has 1 unspecified atom stereocenters. The SMILES string of the molecule is O=C(Nc1ccccc1)C(NCc1ccc(Cl)s1)c1ccccc1. The van der Waals surface area contributed by atoms with E-state index in [1.165, 1.54) is 11.3 Å². The van der Waals surface area contributed by atoms with Crippen molar-refractivity contribution >= 4 is 34.5 Å². The Labute approximate surface area is 150 Å². The zero-order valence-corrected chi connectivity index (χ0v) is 14.5. The van der Waals surface area contributed by atoms with Gasteiger partial charge >= 0.3 is 0 Å². The van der Waals surface area contributed by atoms with Crippen LogP contribution >= 0.6 is 22.9 Å². The van der Waals surface area contributed by atoms with Gasteiger partial charge in [0, 0.05) is 17.1 Å². The molecular formula is C19H17ClN2OS. The summed E-state index contributed by atoms with van der Waals surface area (Å²) in [5.41, 5.74) is 1.71. The van der Waals surface area contributed by atoms with Gasteiger partial charge in [-0.2, -0.15) is 0 Å². The minimum absolute atomic E-state index is 0.0879. The van der Waals surface area contributed by atoms with Gasteiger partial charge < -0.3 is 5.32 Å². The van der Waals surface area contributed by atoms with E-state index < -0.39 is 6.04 Å². The van der Waals surface area contributed by atoms with E-state index >= 15 is 0 Å². The number of amides is 1. The summed E-state index contributed by atoms with van der Waals surface area (Å²) in [6, 6.07) is 22.6. The molecule has 0 aliphatic rings. The molecule has 24 heavy (non-hydrogen) atoms. The summed E-state index contributed by atoms with van der Waals surface area (Å²) in [6.07, 6.45) is 0. The smallest absolute Gasteiger partial charge is 0.246 e. The van der Waals surface area contributed by atoms with E-state index in [1.807, 2.05) is 72.8 Å². The van der Waals surface area contributed by atoms with Crippen LogP contribution in [0.2, 0.25) is 4.34 Å². The number of thiophene rings is 1. The second-order valence-corrected chi connectivity index (χ2v) is 7.09. The van der Waals surface area contributed by atoms with E-state index in [-0.39, 0.29) is 5.91 Å². The van der Waals surface area contributed by atoms with Crippen molar-refractivity contribution < 1.29 is 4.79 Å². The molecule has 2 N–H and O–H groups in total. The summed E-state index contributed by atoms with van der Waals surface area (Å²) in [5.74, 6) is -0.0879. The summed E-state index contributed by atoms with van der Waals surface area (Å²) in [6.45, 7) is 0.582. The summed E-state index contributed by atoms with van der Waals surface area (Å²) < 4.78 is 0.747. The molecule has 0 aliphatic carbocycles. The largest absolute Gasteiger partial charge is 0.324 e. The highest BCUT2D eigenvalue weighted by atomic mass is 35.5. The standard InChI is InChI=1S/C19H17ClN2OS/c20-17-12-11-16(24-17)13-21-18(14-7-3-1-4-8-14)19(23)22-15-9-5-2-6-10-15/h1-12,18,21H,13H2,(H,22,23). The van der Waals surface area contributed by atoms with E-state index in [4.69, 9.17) is 11.6 Å². The molecule has 122 valence electrons. The third kappa shape index (κ3) is 4.45. The first-order valence-electron chi connectivity index (χ1n) is 7.61. The van der Waals surface area contributed by atoms with Crippen molar-refractivity contribution in [2.75, 3.05) is 5.32 Å². The quantitative estimate of drug-likeness (QED) is 0.661. The average molecular weight is 357 g/mol. The molecule has 1 heterocycles. The Bertz CT molecular complexity index is 789. The van der Waals surface area contributed by atoms with Gasteiger partial charge in [0.1, 0.15) is 6.04 Å². The lowest BCUT2D eigenvalue weighted by Crippen LogP contribution is -2.32. The average Bonchev–Trinajstić information content (AvgIpc) is 3.02. The first-order valence-corrected chi connectivity index (χ1v) is 8.80. The molecule has 0 saturated carbocycles. The fraction of sp³-hybridized carbons (Fsp3) is 0.105. The second-order valence-electron chi connectivity index (χ2n) is 5.29. The van der Waals surface area contributed by atoms with Crippen LogP contribution in [0, 0.1) is 0 Å². The van der Waals surface area contributed by atoms with E-state index in [0.717, 1.165) is 20.5 Å². The lowest BCUT2D eigenvalue weighted by atomic mass is 10.1. The number of nitrogens with one attached hydrogen (secondary N) is 2. The molecule has 5 heteroatoms. The van der Waals surface area contributed by atoms with Crippen molar-refractivity contribution in [1.82, 2.24) is 5.32 Å². The Morgan fingerprint density at radius 3 is 2.25 bits per heavy atom. The normalized spacial score (nSPS) is 11.9. The number of halogens is 1. The van der Waals surface area contributed by atoms with Gasteiger partial charge in [0.15, 0.2) is 0 Å². The molecule has 0 aliphatic heterocycles. The molecule has 3 aromatic rings. The van der Waals surface area contributed by atoms with E-state index in [9.17, 15) is 4.79 Å². The fourth-order valence-corrected chi connectivity index (χ4v) is 3.43. The van der Waals surface area contributed by atoms with Gasteiger partial charge in [-0.15, -0.1) is 11.3 Å². The molecule has 0 radical (unpaired) electrons. The van der Waals surface area contributed by atoms with Gasteiger partial charge in [0.05, 0.1) is 4.34 Å². The molecule has 3 rings (SSSR count). The molecule has 1 aromatic heterocycles. The Kier molecular flexibility index (Phi) is 5.64. The van der Waals surface area contributed by atoms with Crippen LogP contribution in [0.1, 0.15) is 16.5 Å². The first kappa shape index (κ1) is 16.7. The molecule has 1 atom stereocenters. The van der Waals surface area contributed by atoms with Gasteiger partial charge in [-0.1, -0.05) is 60.1 Å². The monoisotopic (exact) mass is 356 g/mol. The maximum atomic E-state index is 12.7. The number of carbonyl (C=O) groups excluding carboxylic acids is 1. The molecule has 0 fully saturated rings. The van der Waals surface area contributed by atoms with Crippen molar-refractivity contribution in [2.24, 2.45) is 0 Å². The number of anilines is 1. The topological polar surface area (TPSA) is 41.1 Å². The maximum absolute atomic E-state index is 12.7. The van der Waals surface area contributed by atoms with Crippen molar-refractivity contribution in [3.63, 3.8) is 0 Å². The number of hydrogen-bond acceptors (Lipinski definition) is 3. The zero-order valence-electron chi connectivity index (χ0n) is 12.9. The van der Waals surface area contributed by atoms with Gasteiger partial charge in [-0.3, -0.25) is 10.1 Å². The van der Waals surface area contributed by atoms with E-state index in [0.29, 0.717) is 6.54 Å². The van der Waals surface area contributed by atoms with Crippen LogP contribution in [0.3, 0.4) is 0 Å². The predicted molar refractivity (Wildman–Crippen MR) is 100 cm³/mol. The van der Waals surface area contributed by atoms with Crippen molar-refractivity contribution in [3.05, 3.63) is 87.6 Å². The highest BCUT2D eigenvalue weighted by molar-refractivity contribution is 7.16. The second kappa shape index (κ2) is 8.11. The molecule has 0 spiro atoms. The molecule has 3 nitrogen and oxygen atoms in total. The zero-order chi connectivity index (χ0) is 16.8. The van der Waals surface area contributed by atoms with Crippen molar-refractivity contribution in [2.45, 2.75) is 12.6 Å². The number of rotatable bonds is 6. The van der Waals surface area contributed by atoms with Crippen LogP contribution in [0.25, 0.3) is 0 Å². The molecular weight excluding hydrogens is 340 g/mol. The van der Waals surface area contributed by atoms with Crippen LogP contribution in [-0.2, 0) is 11.3 Å². The van der Waals surface area contributed by atoms with E-state index in [2.05, 4.69) is 10.6 Å². The predicted octanol–water partition coefficient (Wildman–Crippen LogP) is 4.87. The van der Waals surface area contributed by atoms with Gasteiger partial charge in [0.2, 0.25) is 5.91 Å². The van der Waals surface area contributed by atoms with Crippen LogP contribution in [0.4, 0.5) is 5.69 Å². The van der Waals surface area contributed by atoms with Gasteiger partial charge in [-0.05, 0) is 29.8 Å². The molecule has 2 aromatic carbocycles. The lowest BCUT2D eigenvalue weighted by molar-refractivity contribution is -0.118. The molecule has 0 bridgehead atoms. The van der Waals surface area contributed by atoms with Crippen LogP contribution in [0.5, 0.6) is 0 Å². The fourth-order valence-electron chi connectivity index (χ4n) is 2.39. The van der Waals surface area contributed by atoms with Crippen LogP contribution in [0.15, 0.2) is 72.8 Å². The first-order chi connectivity index (χ1) is 11.7. The summed E-state index contributed by atoms with van der Waals surface area (Å²) in [7, 11) is 0. The molecule has 1 amide bonds. The Hall–Kier alpha value is -2.14.